The van der Waals surface area contributed by atoms with Crippen molar-refractivity contribution in [3.8, 4) is 0 Å². The Morgan fingerprint density at radius 1 is 1.41 bits per heavy atom. The predicted octanol–water partition coefficient (Wildman–Crippen LogP) is 0.467. The molecular formula is C14H20N4O4. The SMILES string of the molecule is CC(c1ccc([N+](=O)[O-])c(N)c1)C(C(N)=O)N1CCOCC1. The highest BCUT2D eigenvalue weighted by atomic mass is 16.6. The molecule has 1 amide bonds. The van der Waals surface area contributed by atoms with Gasteiger partial charge in [0, 0.05) is 25.1 Å². The van der Waals surface area contributed by atoms with E-state index in [2.05, 4.69) is 0 Å². The van der Waals surface area contributed by atoms with E-state index in [9.17, 15) is 14.9 Å². The molecule has 1 saturated heterocycles. The van der Waals surface area contributed by atoms with Crippen LogP contribution in [0, 0.1) is 10.1 Å². The topological polar surface area (TPSA) is 125 Å². The zero-order valence-electron chi connectivity index (χ0n) is 12.4. The first kappa shape index (κ1) is 16.2. The van der Waals surface area contributed by atoms with E-state index in [1.807, 2.05) is 11.8 Å². The van der Waals surface area contributed by atoms with E-state index in [4.69, 9.17) is 16.2 Å². The summed E-state index contributed by atoms with van der Waals surface area (Å²) in [6.45, 7) is 4.23. The summed E-state index contributed by atoms with van der Waals surface area (Å²) in [5.41, 5.74) is 12.0. The Morgan fingerprint density at radius 2 is 2.05 bits per heavy atom. The molecule has 2 atom stereocenters. The van der Waals surface area contributed by atoms with Gasteiger partial charge in [0.1, 0.15) is 5.69 Å². The minimum absolute atomic E-state index is 0.0829. The maximum absolute atomic E-state index is 11.9. The van der Waals surface area contributed by atoms with Crippen LogP contribution >= 0.6 is 0 Å². The highest BCUT2D eigenvalue weighted by Crippen LogP contribution is 2.29. The summed E-state index contributed by atoms with van der Waals surface area (Å²) < 4.78 is 5.29. The lowest BCUT2D eigenvalue weighted by Gasteiger charge is -2.36. The minimum Gasteiger partial charge on any atom is -0.393 e. The van der Waals surface area contributed by atoms with Crippen LogP contribution in [0.25, 0.3) is 0 Å². The monoisotopic (exact) mass is 308 g/mol. The van der Waals surface area contributed by atoms with Crippen molar-refractivity contribution < 1.29 is 14.5 Å². The third kappa shape index (κ3) is 3.34. The van der Waals surface area contributed by atoms with Gasteiger partial charge >= 0.3 is 0 Å². The molecular weight excluding hydrogens is 288 g/mol. The number of nitrogens with zero attached hydrogens (tertiary/aromatic N) is 2. The number of nitrogen functional groups attached to an aromatic ring is 1. The Morgan fingerprint density at radius 3 is 2.55 bits per heavy atom. The van der Waals surface area contributed by atoms with Crippen LogP contribution in [-0.2, 0) is 9.53 Å². The molecule has 0 aliphatic carbocycles. The van der Waals surface area contributed by atoms with Crippen LogP contribution in [0.2, 0.25) is 0 Å². The van der Waals surface area contributed by atoms with Gasteiger partial charge in [-0.2, -0.15) is 0 Å². The number of carbonyl (C=O) groups excluding carboxylic acids is 1. The number of nitro benzene ring substituents is 1. The molecule has 1 aliphatic heterocycles. The average molecular weight is 308 g/mol. The van der Waals surface area contributed by atoms with Crippen molar-refractivity contribution in [2.75, 3.05) is 32.0 Å². The Balaban J connectivity index is 2.26. The summed E-state index contributed by atoms with van der Waals surface area (Å²) >= 11 is 0. The second-order valence-corrected chi connectivity index (χ2v) is 5.36. The van der Waals surface area contributed by atoms with E-state index in [1.165, 1.54) is 6.07 Å². The minimum atomic E-state index is -0.530. The number of anilines is 1. The van der Waals surface area contributed by atoms with Crippen LogP contribution in [-0.4, -0.2) is 48.1 Å². The quantitative estimate of drug-likeness (QED) is 0.462. The summed E-state index contributed by atoms with van der Waals surface area (Å²) in [5.74, 6) is -0.648. The Labute approximate surface area is 128 Å². The number of hydrogen-bond acceptors (Lipinski definition) is 6. The zero-order valence-corrected chi connectivity index (χ0v) is 12.4. The van der Waals surface area contributed by atoms with Gasteiger partial charge in [0.2, 0.25) is 5.91 Å². The van der Waals surface area contributed by atoms with Crippen molar-refractivity contribution in [3.05, 3.63) is 33.9 Å². The van der Waals surface area contributed by atoms with Crippen LogP contribution in [0.15, 0.2) is 18.2 Å². The molecule has 8 nitrogen and oxygen atoms in total. The summed E-state index contributed by atoms with van der Waals surface area (Å²) in [4.78, 5) is 24.1. The fraction of sp³-hybridized carbons (Fsp3) is 0.500. The van der Waals surface area contributed by atoms with Crippen LogP contribution in [0.5, 0.6) is 0 Å². The third-order valence-electron chi connectivity index (χ3n) is 3.98. The Bertz CT molecular complexity index is 572. The predicted molar refractivity (Wildman–Crippen MR) is 81.3 cm³/mol. The number of ether oxygens (including phenoxy) is 1. The van der Waals surface area contributed by atoms with Crippen LogP contribution in [0.1, 0.15) is 18.4 Å². The molecule has 0 spiro atoms. The smallest absolute Gasteiger partial charge is 0.292 e. The number of primary amides is 1. The highest BCUT2D eigenvalue weighted by molar-refractivity contribution is 5.81. The van der Waals surface area contributed by atoms with E-state index in [0.717, 1.165) is 5.56 Å². The van der Waals surface area contributed by atoms with Crippen molar-refractivity contribution in [2.45, 2.75) is 18.9 Å². The van der Waals surface area contributed by atoms with Crippen molar-refractivity contribution >= 4 is 17.3 Å². The Kier molecular flexibility index (Phi) is 4.94. The summed E-state index contributed by atoms with van der Waals surface area (Å²) in [7, 11) is 0. The van der Waals surface area contributed by atoms with Gasteiger partial charge in [-0.1, -0.05) is 13.0 Å². The third-order valence-corrected chi connectivity index (χ3v) is 3.98. The van der Waals surface area contributed by atoms with Crippen LogP contribution in [0.4, 0.5) is 11.4 Å². The van der Waals surface area contributed by atoms with Gasteiger partial charge in [-0.3, -0.25) is 19.8 Å². The summed E-state index contributed by atoms with van der Waals surface area (Å²) in [6, 6.07) is 4.03. The van der Waals surface area contributed by atoms with Gasteiger partial charge in [-0.05, 0) is 11.6 Å². The fourth-order valence-electron chi connectivity index (χ4n) is 2.80. The molecule has 120 valence electrons. The molecule has 2 unspecified atom stereocenters. The normalized spacial score (nSPS) is 18.6. The van der Waals surface area contributed by atoms with Crippen molar-refractivity contribution in [1.29, 1.82) is 0 Å². The fourth-order valence-corrected chi connectivity index (χ4v) is 2.80. The molecule has 0 saturated carbocycles. The maximum atomic E-state index is 11.9. The van der Waals surface area contributed by atoms with Crippen LogP contribution in [0.3, 0.4) is 0 Å². The Hall–Kier alpha value is -2.19. The van der Waals surface area contributed by atoms with E-state index in [0.29, 0.717) is 26.3 Å². The van der Waals surface area contributed by atoms with E-state index < -0.39 is 16.9 Å². The number of morpholine rings is 1. The van der Waals surface area contributed by atoms with Gasteiger partial charge in [0.15, 0.2) is 0 Å². The number of hydrogen-bond donors (Lipinski definition) is 2. The molecule has 1 fully saturated rings. The number of carbonyl (C=O) groups is 1. The molecule has 0 bridgehead atoms. The number of benzene rings is 1. The number of amides is 1. The van der Waals surface area contributed by atoms with Crippen molar-refractivity contribution in [3.63, 3.8) is 0 Å². The summed E-state index contributed by atoms with van der Waals surface area (Å²) in [6.07, 6.45) is 0. The molecule has 8 heteroatoms. The number of nitrogens with two attached hydrogens (primary N) is 2. The second kappa shape index (κ2) is 6.71. The van der Waals surface area contributed by atoms with Gasteiger partial charge < -0.3 is 16.2 Å². The molecule has 22 heavy (non-hydrogen) atoms. The van der Waals surface area contributed by atoms with Gasteiger partial charge in [0.05, 0.1) is 24.2 Å². The zero-order chi connectivity index (χ0) is 16.3. The molecule has 2 rings (SSSR count). The van der Waals surface area contributed by atoms with Gasteiger partial charge in [-0.15, -0.1) is 0 Å². The number of nitro groups is 1. The standard InChI is InChI=1S/C14H20N4O4/c1-9(10-2-3-12(18(20)21)11(15)8-10)13(14(16)19)17-4-6-22-7-5-17/h2-3,8-9,13H,4-7,15H2,1H3,(H2,16,19). The first-order valence-electron chi connectivity index (χ1n) is 7.06. The molecule has 1 heterocycles. The highest BCUT2D eigenvalue weighted by Gasteiger charge is 2.32. The first-order chi connectivity index (χ1) is 10.4. The average Bonchev–Trinajstić information content (AvgIpc) is 2.47. The lowest BCUT2D eigenvalue weighted by Crippen LogP contribution is -2.52. The molecule has 1 aromatic carbocycles. The van der Waals surface area contributed by atoms with Gasteiger partial charge in [-0.25, -0.2) is 0 Å². The summed E-state index contributed by atoms with van der Waals surface area (Å²) in [5, 5.41) is 10.8. The number of rotatable bonds is 5. The van der Waals surface area contributed by atoms with E-state index in [1.54, 1.807) is 12.1 Å². The molecule has 4 N–H and O–H groups in total. The van der Waals surface area contributed by atoms with E-state index in [-0.39, 0.29) is 17.3 Å². The second-order valence-electron chi connectivity index (χ2n) is 5.36. The molecule has 1 aromatic rings. The first-order valence-corrected chi connectivity index (χ1v) is 7.06. The lowest BCUT2D eigenvalue weighted by molar-refractivity contribution is -0.383. The van der Waals surface area contributed by atoms with Gasteiger partial charge in [0.25, 0.3) is 5.69 Å². The molecule has 0 radical (unpaired) electrons. The largest absolute Gasteiger partial charge is 0.393 e. The van der Waals surface area contributed by atoms with Crippen molar-refractivity contribution in [2.24, 2.45) is 5.73 Å². The van der Waals surface area contributed by atoms with E-state index >= 15 is 0 Å². The molecule has 1 aliphatic rings. The van der Waals surface area contributed by atoms with Crippen LogP contribution < -0.4 is 11.5 Å². The maximum Gasteiger partial charge on any atom is 0.292 e. The lowest BCUT2D eigenvalue weighted by atomic mass is 9.90. The van der Waals surface area contributed by atoms with Crippen molar-refractivity contribution in [1.82, 2.24) is 4.90 Å². The molecule has 0 aromatic heterocycles.